The van der Waals surface area contributed by atoms with Crippen molar-refractivity contribution < 1.29 is 18.4 Å². The van der Waals surface area contributed by atoms with Gasteiger partial charge in [0.1, 0.15) is 11.6 Å². The van der Waals surface area contributed by atoms with Gasteiger partial charge in [0.15, 0.2) is 0 Å². The van der Waals surface area contributed by atoms with Crippen LogP contribution in [0.25, 0.3) is 0 Å². The van der Waals surface area contributed by atoms with Crippen LogP contribution in [0.1, 0.15) is 10.4 Å². The average molecular weight is 221 g/mol. The van der Waals surface area contributed by atoms with E-state index >= 15 is 0 Å². The smallest absolute Gasteiger partial charge is 0.293 e. The summed E-state index contributed by atoms with van der Waals surface area (Å²) in [6.07, 6.45) is 5.01. The third-order valence-corrected chi connectivity index (χ3v) is 2.24. The minimum Gasteiger partial charge on any atom is -0.293 e. The van der Waals surface area contributed by atoms with Crippen LogP contribution < -0.4 is 4.90 Å². The Hall–Kier alpha value is -2.22. The van der Waals surface area contributed by atoms with Gasteiger partial charge < -0.3 is 0 Å². The van der Waals surface area contributed by atoms with Gasteiger partial charge in [0.05, 0.1) is 17.8 Å². The van der Waals surface area contributed by atoms with E-state index in [-0.39, 0.29) is 12.2 Å². The van der Waals surface area contributed by atoms with Crippen molar-refractivity contribution in [1.29, 1.82) is 0 Å². The molecule has 0 bridgehead atoms. The topological polar surface area (TPSA) is 37.4 Å². The van der Waals surface area contributed by atoms with Gasteiger partial charge in [-0.2, -0.15) is 0 Å². The van der Waals surface area contributed by atoms with E-state index in [0.717, 1.165) is 11.0 Å². The number of hydrogen-bond acceptors (Lipinski definition) is 2. The van der Waals surface area contributed by atoms with Crippen molar-refractivity contribution in [2.24, 2.45) is 0 Å². The van der Waals surface area contributed by atoms with Crippen LogP contribution in [0, 0.1) is 24.0 Å². The number of fused-ring (bicyclic) bond motifs is 1. The Labute approximate surface area is 89.7 Å². The molecule has 0 N–H and O–H groups in total. The summed E-state index contributed by atoms with van der Waals surface area (Å²) in [4.78, 5) is 23.7. The van der Waals surface area contributed by atoms with Crippen molar-refractivity contribution in [3.05, 3.63) is 29.3 Å². The fraction of sp³-hybridized carbons (Fsp3) is 0.0909. The highest BCUT2D eigenvalue weighted by molar-refractivity contribution is 6.52. The van der Waals surface area contributed by atoms with Crippen LogP contribution in [0.3, 0.4) is 0 Å². The van der Waals surface area contributed by atoms with Crippen LogP contribution in [0.2, 0.25) is 0 Å². The van der Waals surface area contributed by atoms with E-state index in [1.165, 1.54) is 0 Å². The molecule has 2 rings (SSSR count). The van der Waals surface area contributed by atoms with Gasteiger partial charge in [-0.15, -0.1) is 6.42 Å². The zero-order valence-corrected chi connectivity index (χ0v) is 7.96. The molecule has 16 heavy (non-hydrogen) atoms. The Morgan fingerprint density at radius 1 is 1.31 bits per heavy atom. The van der Waals surface area contributed by atoms with Crippen molar-refractivity contribution in [3.63, 3.8) is 0 Å². The Morgan fingerprint density at radius 3 is 2.62 bits per heavy atom. The molecule has 0 saturated carbocycles. The molecule has 0 spiro atoms. The number of carbonyl (C=O) groups excluding carboxylic acids is 2. The lowest BCUT2D eigenvalue weighted by Crippen LogP contribution is -2.29. The van der Waals surface area contributed by atoms with Crippen LogP contribution in [0.4, 0.5) is 14.5 Å². The van der Waals surface area contributed by atoms with Gasteiger partial charge in [0.2, 0.25) is 0 Å². The number of terminal acetylenes is 1. The van der Waals surface area contributed by atoms with E-state index in [0.29, 0.717) is 6.07 Å². The predicted molar refractivity (Wildman–Crippen MR) is 51.9 cm³/mol. The maximum atomic E-state index is 13.3. The summed E-state index contributed by atoms with van der Waals surface area (Å²) < 4.78 is 26.2. The number of halogens is 2. The molecular formula is C11H5F2NO2. The van der Waals surface area contributed by atoms with Crippen molar-refractivity contribution in [1.82, 2.24) is 0 Å². The van der Waals surface area contributed by atoms with Crippen molar-refractivity contribution in [2.75, 3.05) is 11.4 Å². The van der Waals surface area contributed by atoms with Crippen molar-refractivity contribution in [3.8, 4) is 12.3 Å². The molecule has 1 aliphatic rings. The second-order valence-corrected chi connectivity index (χ2v) is 3.21. The number of amides is 1. The summed E-state index contributed by atoms with van der Waals surface area (Å²) in [5.41, 5.74) is -0.521. The Kier molecular flexibility index (Phi) is 2.20. The summed E-state index contributed by atoms with van der Waals surface area (Å²) in [5.74, 6) is -1.69. The van der Waals surface area contributed by atoms with Crippen molar-refractivity contribution >= 4 is 17.4 Å². The van der Waals surface area contributed by atoms with E-state index in [9.17, 15) is 18.4 Å². The monoisotopic (exact) mass is 221 g/mol. The van der Waals surface area contributed by atoms with Gasteiger partial charge in [-0.3, -0.25) is 14.5 Å². The third kappa shape index (κ3) is 1.27. The lowest BCUT2D eigenvalue weighted by atomic mass is 10.1. The zero-order valence-electron chi connectivity index (χ0n) is 7.96. The average Bonchev–Trinajstić information content (AvgIpc) is 2.44. The minimum atomic E-state index is -1.05. The van der Waals surface area contributed by atoms with E-state index in [2.05, 4.69) is 5.92 Å². The summed E-state index contributed by atoms with van der Waals surface area (Å²) in [5, 5.41) is 0. The first kappa shape index (κ1) is 10.3. The first-order valence-corrected chi connectivity index (χ1v) is 4.35. The highest BCUT2D eigenvalue weighted by Gasteiger charge is 2.38. The van der Waals surface area contributed by atoms with Crippen LogP contribution in [-0.4, -0.2) is 18.2 Å². The zero-order chi connectivity index (χ0) is 11.9. The highest BCUT2D eigenvalue weighted by atomic mass is 19.1. The molecule has 0 atom stereocenters. The van der Waals surface area contributed by atoms with Gasteiger partial charge in [-0.05, 0) is 6.07 Å². The molecule has 1 aromatic rings. The first-order chi connectivity index (χ1) is 7.56. The number of rotatable bonds is 1. The maximum Gasteiger partial charge on any atom is 0.300 e. The number of carbonyl (C=O) groups is 2. The first-order valence-electron chi connectivity index (χ1n) is 4.35. The maximum absolute atomic E-state index is 13.3. The molecule has 1 amide bonds. The lowest BCUT2D eigenvalue weighted by molar-refractivity contribution is -0.114. The molecule has 0 aliphatic carbocycles. The van der Waals surface area contributed by atoms with Gasteiger partial charge in [-0.1, -0.05) is 5.92 Å². The third-order valence-electron chi connectivity index (χ3n) is 2.24. The van der Waals surface area contributed by atoms with Gasteiger partial charge >= 0.3 is 0 Å². The number of Topliss-reactive ketones (excluding diaryl/α,β-unsaturated/α-hetero) is 1. The van der Waals surface area contributed by atoms with Crippen LogP contribution in [0.15, 0.2) is 12.1 Å². The molecule has 0 aromatic heterocycles. The number of benzene rings is 1. The summed E-state index contributed by atoms with van der Waals surface area (Å²) in [7, 11) is 0. The molecule has 0 fully saturated rings. The largest absolute Gasteiger partial charge is 0.300 e. The number of anilines is 1. The molecule has 1 aliphatic heterocycles. The van der Waals surface area contributed by atoms with E-state index < -0.39 is 28.9 Å². The summed E-state index contributed by atoms with van der Waals surface area (Å²) in [6.45, 7) is -0.194. The van der Waals surface area contributed by atoms with Crippen molar-refractivity contribution in [2.45, 2.75) is 0 Å². The molecule has 1 heterocycles. The molecular weight excluding hydrogens is 216 g/mol. The Morgan fingerprint density at radius 2 is 2.00 bits per heavy atom. The SMILES string of the molecule is C#CCN1C(=O)C(=O)c2c(F)cc(F)cc21. The summed E-state index contributed by atoms with van der Waals surface area (Å²) >= 11 is 0. The molecule has 0 radical (unpaired) electrons. The molecule has 1 aromatic carbocycles. The van der Waals surface area contributed by atoms with Crippen LogP contribution in [0.5, 0.6) is 0 Å². The van der Waals surface area contributed by atoms with Gasteiger partial charge in [-0.25, -0.2) is 8.78 Å². The van der Waals surface area contributed by atoms with Gasteiger partial charge in [0, 0.05) is 6.07 Å². The standard InChI is InChI=1S/C11H5F2NO2/c1-2-3-14-8-5-6(12)4-7(13)9(8)10(15)11(14)16/h1,4-5H,3H2. The lowest BCUT2D eigenvalue weighted by Gasteiger charge is -2.12. The van der Waals surface area contributed by atoms with E-state index in [4.69, 9.17) is 6.42 Å². The molecule has 3 nitrogen and oxygen atoms in total. The number of nitrogens with zero attached hydrogens (tertiary/aromatic N) is 1. The predicted octanol–water partition coefficient (Wildman–Crippen LogP) is 1.13. The second-order valence-electron chi connectivity index (χ2n) is 3.21. The number of hydrogen-bond donors (Lipinski definition) is 0. The molecule has 0 saturated heterocycles. The fourth-order valence-electron chi connectivity index (χ4n) is 1.58. The van der Waals surface area contributed by atoms with E-state index in [1.807, 2.05) is 0 Å². The molecule has 5 heteroatoms. The highest BCUT2D eigenvalue weighted by Crippen LogP contribution is 2.31. The molecule has 0 unspecified atom stereocenters. The quantitative estimate of drug-likeness (QED) is 0.526. The Bertz CT molecular complexity index is 546. The van der Waals surface area contributed by atoms with E-state index in [1.54, 1.807) is 0 Å². The number of ketones is 1. The second kappa shape index (κ2) is 3.42. The Balaban J connectivity index is 2.66. The summed E-state index contributed by atoms with van der Waals surface area (Å²) in [6, 6.07) is 1.47. The van der Waals surface area contributed by atoms with Crippen LogP contribution >= 0.6 is 0 Å². The normalized spacial score (nSPS) is 13.9. The van der Waals surface area contributed by atoms with Crippen LogP contribution in [-0.2, 0) is 4.79 Å². The molecule has 80 valence electrons. The fourth-order valence-corrected chi connectivity index (χ4v) is 1.58. The minimum absolute atomic E-state index is 0.106. The van der Waals surface area contributed by atoms with Gasteiger partial charge in [0.25, 0.3) is 11.7 Å².